The lowest BCUT2D eigenvalue weighted by atomic mass is 10.1. The van der Waals surface area contributed by atoms with Crippen molar-refractivity contribution in [2.45, 2.75) is 39.2 Å². The van der Waals surface area contributed by atoms with Gasteiger partial charge < -0.3 is 10.1 Å². The summed E-state index contributed by atoms with van der Waals surface area (Å²) in [5.74, 6) is 0.0865. The van der Waals surface area contributed by atoms with Crippen LogP contribution >= 0.6 is 0 Å². The summed E-state index contributed by atoms with van der Waals surface area (Å²) in [5, 5.41) is 2.89. The molecule has 0 spiro atoms. The molecule has 1 rings (SSSR count). The van der Waals surface area contributed by atoms with Crippen LogP contribution in [0, 0.1) is 0 Å². The van der Waals surface area contributed by atoms with E-state index in [2.05, 4.69) is 10.3 Å². The summed E-state index contributed by atoms with van der Waals surface area (Å²) < 4.78 is 5.39. The molecule has 100 valence electrons. The van der Waals surface area contributed by atoms with Gasteiger partial charge in [0.2, 0.25) is 5.91 Å². The monoisotopic (exact) mass is 250 g/mol. The Bertz CT molecular complexity index is 339. The number of hydrogen-bond donors (Lipinski definition) is 1. The number of aromatic nitrogens is 1. The molecule has 0 saturated carbocycles. The van der Waals surface area contributed by atoms with E-state index in [1.165, 1.54) is 0 Å². The summed E-state index contributed by atoms with van der Waals surface area (Å²) in [5.41, 5.74) is 1.09. The van der Waals surface area contributed by atoms with Crippen molar-refractivity contribution in [2.24, 2.45) is 0 Å². The molecule has 1 aromatic heterocycles. The molecule has 0 aliphatic rings. The predicted molar refractivity (Wildman–Crippen MR) is 71.3 cm³/mol. The summed E-state index contributed by atoms with van der Waals surface area (Å²) in [6, 6.07) is 3.87. The molecular weight excluding hydrogens is 228 g/mol. The largest absolute Gasteiger partial charge is 0.379 e. The van der Waals surface area contributed by atoms with Crippen molar-refractivity contribution in [1.29, 1.82) is 0 Å². The molecule has 0 atom stereocenters. The molecule has 0 radical (unpaired) electrons. The van der Waals surface area contributed by atoms with Gasteiger partial charge in [-0.25, -0.2) is 0 Å². The topological polar surface area (TPSA) is 51.2 Å². The molecule has 0 aliphatic carbocycles. The first-order chi connectivity index (χ1) is 8.68. The fourth-order valence-corrected chi connectivity index (χ4v) is 1.51. The highest BCUT2D eigenvalue weighted by molar-refractivity contribution is 5.76. The number of ether oxygens (including phenoxy) is 1. The molecule has 0 unspecified atom stereocenters. The van der Waals surface area contributed by atoms with Crippen molar-refractivity contribution in [3.8, 4) is 0 Å². The summed E-state index contributed by atoms with van der Waals surface area (Å²) in [4.78, 5) is 15.6. The van der Waals surface area contributed by atoms with Gasteiger partial charge in [0, 0.05) is 32.0 Å². The van der Waals surface area contributed by atoms with Gasteiger partial charge >= 0.3 is 0 Å². The maximum absolute atomic E-state index is 11.5. The Morgan fingerprint density at radius 3 is 3.00 bits per heavy atom. The molecule has 1 N–H and O–H groups in total. The SMILES string of the molecule is CC(C)OCCCNC(=O)CCc1cccnc1. The molecule has 1 heterocycles. The van der Waals surface area contributed by atoms with Gasteiger partial charge in [-0.05, 0) is 38.3 Å². The molecule has 1 aromatic rings. The highest BCUT2D eigenvalue weighted by atomic mass is 16.5. The zero-order valence-electron chi connectivity index (χ0n) is 11.2. The second-order valence-corrected chi connectivity index (χ2v) is 4.48. The fourth-order valence-electron chi connectivity index (χ4n) is 1.51. The van der Waals surface area contributed by atoms with E-state index in [-0.39, 0.29) is 12.0 Å². The number of nitrogens with one attached hydrogen (secondary N) is 1. The zero-order chi connectivity index (χ0) is 13.2. The van der Waals surface area contributed by atoms with Crippen LogP contribution in [-0.4, -0.2) is 30.1 Å². The highest BCUT2D eigenvalue weighted by Gasteiger charge is 2.01. The van der Waals surface area contributed by atoms with E-state index >= 15 is 0 Å². The van der Waals surface area contributed by atoms with E-state index in [1.54, 1.807) is 12.4 Å². The van der Waals surface area contributed by atoms with Crippen molar-refractivity contribution in [3.05, 3.63) is 30.1 Å². The van der Waals surface area contributed by atoms with Gasteiger partial charge in [-0.3, -0.25) is 9.78 Å². The number of carbonyl (C=O) groups is 1. The first-order valence-electron chi connectivity index (χ1n) is 6.45. The molecular formula is C14H22N2O2. The average Bonchev–Trinajstić information content (AvgIpc) is 2.37. The number of hydrogen-bond acceptors (Lipinski definition) is 3. The molecule has 4 heteroatoms. The molecule has 0 fully saturated rings. The number of nitrogens with zero attached hydrogens (tertiary/aromatic N) is 1. The third-order valence-corrected chi connectivity index (χ3v) is 2.46. The number of carbonyl (C=O) groups excluding carboxylic acids is 1. The second-order valence-electron chi connectivity index (χ2n) is 4.48. The third-order valence-electron chi connectivity index (χ3n) is 2.46. The number of rotatable bonds is 8. The van der Waals surface area contributed by atoms with Gasteiger partial charge in [0.05, 0.1) is 6.10 Å². The Balaban J connectivity index is 2.04. The van der Waals surface area contributed by atoms with Crippen LogP contribution in [0.5, 0.6) is 0 Å². The molecule has 0 aromatic carbocycles. The maximum atomic E-state index is 11.5. The average molecular weight is 250 g/mol. The second kappa shape index (κ2) is 8.64. The van der Waals surface area contributed by atoms with Crippen molar-refractivity contribution in [3.63, 3.8) is 0 Å². The van der Waals surface area contributed by atoms with Gasteiger partial charge in [0.25, 0.3) is 0 Å². The van der Waals surface area contributed by atoms with Crippen LogP contribution in [0.15, 0.2) is 24.5 Å². The molecule has 0 aliphatic heterocycles. The van der Waals surface area contributed by atoms with Gasteiger partial charge in [0.1, 0.15) is 0 Å². The van der Waals surface area contributed by atoms with Crippen LogP contribution in [0.25, 0.3) is 0 Å². The van der Waals surface area contributed by atoms with Crippen LogP contribution in [0.2, 0.25) is 0 Å². The maximum Gasteiger partial charge on any atom is 0.220 e. The first-order valence-corrected chi connectivity index (χ1v) is 6.45. The van der Waals surface area contributed by atoms with E-state index in [4.69, 9.17) is 4.74 Å². The Labute approximate surface area is 109 Å². The Hall–Kier alpha value is -1.42. The van der Waals surface area contributed by atoms with Gasteiger partial charge in [0.15, 0.2) is 0 Å². The molecule has 0 bridgehead atoms. The lowest BCUT2D eigenvalue weighted by Gasteiger charge is -2.08. The zero-order valence-corrected chi connectivity index (χ0v) is 11.2. The first kappa shape index (κ1) is 14.6. The Morgan fingerprint density at radius 1 is 1.50 bits per heavy atom. The van der Waals surface area contributed by atoms with Gasteiger partial charge in [-0.2, -0.15) is 0 Å². The minimum absolute atomic E-state index is 0.0865. The standard InChI is InChI=1S/C14H22N2O2/c1-12(2)18-10-4-9-16-14(17)7-6-13-5-3-8-15-11-13/h3,5,8,11-12H,4,6-7,9-10H2,1-2H3,(H,16,17). The summed E-state index contributed by atoms with van der Waals surface area (Å²) >= 11 is 0. The smallest absolute Gasteiger partial charge is 0.220 e. The van der Waals surface area contributed by atoms with Crippen LogP contribution in [0.1, 0.15) is 32.3 Å². The van der Waals surface area contributed by atoms with E-state index in [0.717, 1.165) is 18.4 Å². The van der Waals surface area contributed by atoms with Crippen LogP contribution in [-0.2, 0) is 16.0 Å². The van der Waals surface area contributed by atoms with E-state index in [0.29, 0.717) is 19.6 Å². The van der Waals surface area contributed by atoms with Crippen molar-refractivity contribution < 1.29 is 9.53 Å². The van der Waals surface area contributed by atoms with Crippen molar-refractivity contribution in [1.82, 2.24) is 10.3 Å². The van der Waals surface area contributed by atoms with Gasteiger partial charge in [-0.1, -0.05) is 6.07 Å². The Morgan fingerprint density at radius 2 is 2.33 bits per heavy atom. The lowest BCUT2D eigenvalue weighted by molar-refractivity contribution is -0.121. The van der Waals surface area contributed by atoms with Crippen LogP contribution < -0.4 is 5.32 Å². The van der Waals surface area contributed by atoms with Gasteiger partial charge in [-0.15, -0.1) is 0 Å². The summed E-state index contributed by atoms with van der Waals surface area (Å²) in [6.07, 6.45) is 5.89. The lowest BCUT2D eigenvalue weighted by Crippen LogP contribution is -2.25. The fraction of sp³-hybridized carbons (Fsp3) is 0.571. The molecule has 1 amide bonds. The van der Waals surface area contributed by atoms with Crippen molar-refractivity contribution >= 4 is 5.91 Å². The van der Waals surface area contributed by atoms with E-state index in [9.17, 15) is 4.79 Å². The predicted octanol–water partition coefficient (Wildman–Crippen LogP) is 1.95. The number of pyridine rings is 1. The Kier molecular flexibility index (Phi) is 7.03. The molecule has 0 saturated heterocycles. The number of aryl methyl sites for hydroxylation is 1. The highest BCUT2D eigenvalue weighted by Crippen LogP contribution is 2.00. The molecule has 18 heavy (non-hydrogen) atoms. The summed E-state index contributed by atoms with van der Waals surface area (Å²) in [7, 11) is 0. The number of amides is 1. The minimum Gasteiger partial charge on any atom is -0.379 e. The van der Waals surface area contributed by atoms with Crippen molar-refractivity contribution in [2.75, 3.05) is 13.2 Å². The minimum atomic E-state index is 0.0865. The third kappa shape index (κ3) is 7.01. The normalized spacial score (nSPS) is 10.6. The summed E-state index contributed by atoms with van der Waals surface area (Å²) in [6.45, 7) is 5.39. The van der Waals surface area contributed by atoms with Crippen LogP contribution in [0.3, 0.4) is 0 Å². The van der Waals surface area contributed by atoms with Crippen LogP contribution in [0.4, 0.5) is 0 Å². The van der Waals surface area contributed by atoms with E-state index < -0.39 is 0 Å². The quantitative estimate of drug-likeness (QED) is 0.717. The van der Waals surface area contributed by atoms with E-state index in [1.807, 2.05) is 26.0 Å². The molecule has 4 nitrogen and oxygen atoms in total.